The van der Waals surface area contributed by atoms with Gasteiger partial charge in [-0.25, -0.2) is 27.5 Å². The summed E-state index contributed by atoms with van der Waals surface area (Å²) in [6, 6.07) is 16.9. The summed E-state index contributed by atoms with van der Waals surface area (Å²) in [6.07, 6.45) is 10.9. The highest BCUT2D eigenvalue weighted by Crippen LogP contribution is 2.49. The molecule has 0 bridgehead atoms. The zero-order chi connectivity index (χ0) is 47.3. The molecule has 4 aliphatic rings. The fraction of sp³-hybridized carbons (Fsp3) is 0.500. The molecule has 4 N–H and O–H groups in total. The topological polar surface area (TPSA) is 196 Å². The van der Waals surface area contributed by atoms with E-state index in [1.54, 1.807) is 19.1 Å². The molecule has 356 valence electrons. The number of fused-ring (bicyclic) bond motifs is 1. The number of benzene rings is 2. The summed E-state index contributed by atoms with van der Waals surface area (Å²) in [4.78, 5) is 41.4. The SMILES string of the molecule is CCc1nc2[nH]cc(F)c2cc1Oc1cc(N2CCC3(CC2)CN([C@@H]2CCC[C@@H]2c2ccccc2C(C)C)C3)ccc1C(=O)NS(=O)(=O)c1cnc(NCC2CCC(C)(O)CC2)c([N+](=O)[O-])c1. The third-order valence-electron chi connectivity index (χ3n) is 15.0. The number of aliphatic hydroxyl groups is 1. The number of carbonyl (C=O) groups is 1. The zero-order valence-corrected chi connectivity index (χ0v) is 39.5. The van der Waals surface area contributed by atoms with Gasteiger partial charge >= 0.3 is 5.69 Å². The Balaban J connectivity index is 0.927. The number of pyridine rings is 2. The van der Waals surface area contributed by atoms with E-state index in [0.29, 0.717) is 55.0 Å². The van der Waals surface area contributed by atoms with E-state index in [4.69, 9.17) is 4.74 Å². The van der Waals surface area contributed by atoms with Crippen molar-refractivity contribution in [3.8, 4) is 11.5 Å². The number of amides is 1. The Kier molecular flexibility index (Phi) is 12.8. The quantitative estimate of drug-likeness (QED) is 0.0610. The molecule has 1 amide bonds. The first-order chi connectivity index (χ1) is 32.0. The summed E-state index contributed by atoms with van der Waals surface area (Å²) in [5, 5.41) is 25.7. The summed E-state index contributed by atoms with van der Waals surface area (Å²) < 4.78 is 51.0. The van der Waals surface area contributed by atoms with Crippen LogP contribution in [0.2, 0.25) is 0 Å². The number of sulfonamides is 1. The third-order valence-corrected chi connectivity index (χ3v) is 16.3. The molecule has 9 rings (SSSR count). The van der Waals surface area contributed by atoms with Crippen LogP contribution in [0.4, 0.5) is 21.6 Å². The Bertz CT molecular complexity index is 2770. The number of anilines is 2. The normalized spacial score (nSPS) is 23.1. The van der Waals surface area contributed by atoms with Crippen LogP contribution in [0, 0.1) is 27.3 Å². The predicted octanol–water partition coefficient (Wildman–Crippen LogP) is 9.19. The van der Waals surface area contributed by atoms with Gasteiger partial charge in [0.25, 0.3) is 15.9 Å². The minimum Gasteiger partial charge on any atom is -0.455 e. The number of hydrogen-bond acceptors (Lipinski definition) is 12. The summed E-state index contributed by atoms with van der Waals surface area (Å²) in [5.41, 5.74) is 3.39. The van der Waals surface area contributed by atoms with Gasteiger partial charge in [-0.2, -0.15) is 0 Å². The van der Waals surface area contributed by atoms with Gasteiger partial charge in [-0.3, -0.25) is 19.8 Å². The lowest BCUT2D eigenvalue weighted by Gasteiger charge is -2.57. The molecule has 0 radical (unpaired) electrons. The van der Waals surface area contributed by atoms with Gasteiger partial charge in [0.15, 0.2) is 0 Å². The van der Waals surface area contributed by atoms with E-state index in [0.717, 1.165) is 69.8 Å². The van der Waals surface area contributed by atoms with Gasteiger partial charge in [-0.1, -0.05) is 51.5 Å². The van der Waals surface area contributed by atoms with Gasteiger partial charge in [0.1, 0.15) is 27.9 Å². The number of nitro groups is 1. The van der Waals surface area contributed by atoms with Crippen molar-refractivity contribution in [2.75, 3.05) is 42.9 Å². The molecule has 2 aromatic carbocycles. The molecule has 2 aliphatic heterocycles. The summed E-state index contributed by atoms with van der Waals surface area (Å²) >= 11 is 0. The molecule has 67 heavy (non-hydrogen) atoms. The number of nitrogens with zero attached hydrogens (tertiary/aromatic N) is 5. The standard InChI is InChI=1S/C50H61FN8O7S/c1-5-41-45(25-39-40(51)28-54-46(39)55-41)66-44-23-33(57-21-19-50(20-22-57)29-58(30-50)42-12-8-11-37(42)36-10-7-6-9-35(36)31(2)3)13-14-38(44)48(60)56-67(64,65)34-24-43(59(62)63)47(53-27-34)52-26-32-15-17-49(4,61)18-16-32/h6-7,9-10,13-14,23-25,27-28,31-32,37,42,61H,5,8,11-12,15-22,26,29-30H2,1-4H3,(H,52,53)(H,54,55)(H,56,60)/t32?,37-,42-,49?/m1/s1. The Morgan fingerprint density at radius 2 is 1.79 bits per heavy atom. The van der Waals surface area contributed by atoms with Gasteiger partial charge in [0.05, 0.1) is 33.4 Å². The molecular formula is C50H61FN8O7S. The van der Waals surface area contributed by atoms with Crippen molar-refractivity contribution in [3.05, 3.63) is 105 Å². The summed E-state index contributed by atoms with van der Waals surface area (Å²) in [6.45, 7) is 12.3. The van der Waals surface area contributed by atoms with Gasteiger partial charge in [-0.15, -0.1) is 0 Å². The molecule has 4 fully saturated rings. The van der Waals surface area contributed by atoms with Crippen LogP contribution in [0.5, 0.6) is 11.5 Å². The number of H-pyrrole nitrogens is 1. The Labute approximate surface area is 391 Å². The summed E-state index contributed by atoms with van der Waals surface area (Å²) in [7, 11) is -4.69. The highest BCUT2D eigenvalue weighted by molar-refractivity contribution is 7.90. The Morgan fingerprint density at radius 1 is 1.04 bits per heavy atom. The van der Waals surface area contributed by atoms with Crippen molar-refractivity contribution in [1.82, 2.24) is 24.6 Å². The molecule has 17 heteroatoms. The lowest BCUT2D eigenvalue weighted by Crippen LogP contribution is -2.63. The second-order valence-electron chi connectivity index (χ2n) is 19.9. The van der Waals surface area contributed by atoms with Crippen LogP contribution in [0.1, 0.15) is 124 Å². The van der Waals surface area contributed by atoms with E-state index < -0.39 is 42.9 Å². The average Bonchev–Trinajstić information content (AvgIpc) is 3.93. The molecule has 2 atom stereocenters. The van der Waals surface area contributed by atoms with Crippen molar-refractivity contribution in [2.45, 2.75) is 120 Å². The number of halogens is 1. The number of piperidine rings is 1. The lowest BCUT2D eigenvalue weighted by atomic mass is 9.70. The number of carbonyl (C=O) groups excluding carboxylic acids is 1. The van der Waals surface area contributed by atoms with Crippen molar-refractivity contribution in [3.63, 3.8) is 0 Å². The molecule has 2 aliphatic carbocycles. The molecular weight excluding hydrogens is 876 g/mol. The number of nitrogens with one attached hydrogen (secondary N) is 3. The van der Waals surface area contributed by atoms with Crippen molar-refractivity contribution >= 4 is 44.2 Å². The number of aromatic nitrogens is 3. The van der Waals surface area contributed by atoms with Crippen LogP contribution in [0.3, 0.4) is 0 Å². The van der Waals surface area contributed by atoms with E-state index in [-0.39, 0.29) is 39.6 Å². The van der Waals surface area contributed by atoms with Crippen LogP contribution in [0.25, 0.3) is 11.0 Å². The molecule has 5 heterocycles. The van der Waals surface area contributed by atoms with Crippen LogP contribution in [0.15, 0.2) is 71.9 Å². The fourth-order valence-electron chi connectivity index (χ4n) is 11.0. The molecule has 3 aromatic heterocycles. The predicted molar refractivity (Wildman–Crippen MR) is 255 cm³/mol. The van der Waals surface area contributed by atoms with Crippen LogP contribution < -0.4 is 19.7 Å². The van der Waals surface area contributed by atoms with Crippen LogP contribution in [-0.4, -0.2) is 88.6 Å². The fourth-order valence-corrected chi connectivity index (χ4v) is 12.0. The maximum Gasteiger partial charge on any atom is 0.312 e. The number of likely N-dealkylation sites (tertiary alicyclic amines) is 1. The first kappa shape index (κ1) is 46.5. The molecule has 2 saturated heterocycles. The Hall–Kier alpha value is -5.65. The first-order valence-electron chi connectivity index (χ1n) is 23.8. The van der Waals surface area contributed by atoms with E-state index in [1.807, 2.05) is 6.92 Å². The zero-order valence-electron chi connectivity index (χ0n) is 38.7. The number of rotatable bonds is 14. The van der Waals surface area contributed by atoms with E-state index in [1.165, 1.54) is 48.7 Å². The van der Waals surface area contributed by atoms with E-state index in [2.05, 4.69) is 72.9 Å². The highest BCUT2D eigenvalue weighted by Gasteiger charge is 2.49. The molecule has 1 spiro atoms. The largest absolute Gasteiger partial charge is 0.455 e. The van der Waals surface area contributed by atoms with Gasteiger partial charge < -0.3 is 25.0 Å². The third kappa shape index (κ3) is 9.59. The molecule has 0 unspecified atom stereocenters. The van der Waals surface area contributed by atoms with Gasteiger partial charge in [0, 0.05) is 62.8 Å². The van der Waals surface area contributed by atoms with E-state index in [9.17, 15) is 32.8 Å². The number of aromatic amines is 1. The molecule has 15 nitrogen and oxygen atoms in total. The molecule has 2 saturated carbocycles. The van der Waals surface area contributed by atoms with Crippen molar-refractivity contribution in [2.24, 2.45) is 11.3 Å². The van der Waals surface area contributed by atoms with Crippen molar-refractivity contribution in [1.29, 1.82) is 0 Å². The maximum absolute atomic E-state index is 14.8. The highest BCUT2D eigenvalue weighted by atomic mass is 32.2. The minimum absolute atomic E-state index is 0.0360. The van der Waals surface area contributed by atoms with Gasteiger partial charge in [0.2, 0.25) is 5.82 Å². The number of aryl methyl sites for hydroxylation is 1. The average molecular weight is 937 g/mol. The van der Waals surface area contributed by atoms with Crippen molar-refractivity contribution < 1.29 is 32.4 Å². The second kappa shape index (κ2) is 18.4. The number of ether oxygens (including phenoxy) is 1. The minimum atomic E-state index is -4.69. The second-order valence-corrected chi connectivity index (χ2v) is 21.6. The van der Waals surface area contributed by atoms with Crippen LogP contribution >= 0.6 is 0 Å². The van der Waals surface area contributed by atoms with E-state index >= 15 is 0 Å². The smallest absolute Gasteiger partial charge is 0.312 e. The summed E-state index contributed by atoms with van der Waals surface area (Å²) in [5.74, 6) is -0.238. The number of hydrogen-bond donors (Lipinski definition) is 4. The maximum atomic E-state index is 14.8. The van der Waals surface area contributed by atoms with Gasteiger partial charge in [-0.05, 0) is 117 Å². The lowest BCUT2D eigenvalue weighted by molar-refractivity contribution is -0.384. The monoisotopic (exact) mass is 936 g/mol. The van der Waals surface area contributed by atoms with Crippen LogP contribution in [-0.2, 0) is 16.4 Å². The molecule has 5 aromatic rings. The Morgan fingerprint density at radius 3 is 2.51 bits per heavy atom. The first-order valence-corrected chi connectivity index (χ1v) is 25.2.